The second-order valence-corrected chi connectivity index (χ2v) is 10.1. The first-order chi connectivity index (χ1) is 15.9. The molecule has 11 heteroatoms. The van der Waals surface area contributed by atoms with E-state index in [1.165, 1.54) is 35.0 Å². The molecule has 4 heterocycles. The number of hydrogen-bond acceptors (Lipinski definition) is 7. The molecule has 2 saturated heterocycles. The number of ether oxygens (including phenoxy) is 1. The van der Waals surface area contributed by atoms with E-state index in [2.05, 4.69) is 9.97 Å². The van der Waals surface area contributed by atoms with Crippen LogP contribution in [0.1, 0.15) is 46.5 Å². The summed E-state index contributed by atoms with van der Waals surface area (Å²) in [5.41, 5.74) is 0.622. The molecule has 0 bridgehead atoms. The fraction of sp³-hybridized carbons (Fsp3) is 0.455. The van der Waals surface area contributed by atoms with Gasteiger partial charge in [-0.1, -0.05) is 0 Å². The summed E-state index contributed by atoms with van der Waals surface area (Å²) in [5.74, 6) is -1.55. The Morgan fingerprint density at radius 3 is 2.52 bits per heavy atom. The predicted octanol–water partition coefficient (Wildman–Crippen LogP) is 1.47. The van der Waals surface area contributed by atoms with Crippen molar-refractivity contribution in [1.29, 1.82) is 0 Å². The highest BCUT2D eigenvalue weighted by Gasteiger charge is 2.33. The number of likely N-dealkylation sites (tertiary alicyclic amines) is 1. The van der Waals surface area contributed by atoms with E-state index in [0.29, 0.717) is 31.6 Å². The lowest BCUT2D eigenvalue weighted by atomic mass is 9.98. The smallest absolute Gasteiger partial charge is 0.309 e. The number of pyridine rings is 1. The number of sulfonamides is 1. The summed E-state index contributed by atoms with van der Waals surface area (Å²) in [7, 11) is -3.65. The zero-order chi connectivity index (χ0) is 23.4. The van der Waals surface area contributed by atoms with E-state index in [4.69, 9.17) is 4.74 Å². The quantitative estimate of drug-likeness (QED) is 0.475. The van der Waals surface area contributed by atoms with Crippen LogP contribution in [0, 0.1) is 5.92 Å². The Morgan fingerprint density at radius 2 is 1.85 bits per heavy atom. The van der Waals surface area contributed by atoms with Gasteiger partial charge in [-0.15, -0.1) is 0 Å². The molecule has 1 amide bonds. The first-order valence-corrected chi connectivity index (χ1v) is 12.4. The fourth-order valence-corrected chi connectivity index (χ4v) is 5.52. The molecule has 2 aromatic heterocycles. The van der Waals surface area contributed by atoms with Gasteiger partial charge in [-0.25, -0.2) is 8.42 Å². The van der Waals surface area contributed by atoms with Crippen molar-refractivity contribution in [2.75, 3.05) is 32.8 Å². The fourth-order valence-electron chi connectivity index (χ4n) is 4.09. The van der Waals surface area contributed by atoms with Crippen LogP contribution in [0.25, 0.3) is 0 Å². The number of piperidine rings is 1. The number of ketones is 1. The van der Waals surface area contributed by atoms with Gasteiger partial charge in [0.1, 0.15) is 10.6 Å². The summed E-state index contributed by atoms with van der Waals surface area (Å²) in [6, 6.07) is 4.53. The van der Waals surface area contributed by atoms with Gasteiger partial charge < -0.3 is 14.6 Å². The van der Waals surface area contributed by atoms with E-state index in [-0.39, 0.29) is 29.5 Å². The SMILES string of the molecule is O=C(COC(=O)C1CCN(S(=O)(=O)c2cccnc2)CC1)c1c[nH]c(C(=O)N2CCCC2)c1. The molecule has 0 atom stereocenters. The average molecular weight is 475 g/mol. The molecule has 176 valence electrons. The highest BCUT2D eigenvalue weighted by atomic mass is 32.2. The second-order valence-electron chi connectivity index (χ2n) is 8.20. The number of carbonyl (C=O) groups is 3. The Hall–Kier alpha value is -3.05. The van der Waals surface area contributed by atoms with Crippen molar-refractivity contribution in [2.45, 2.75) is 30.6 Å². The largest absolute Gasteiger partial charge is 0.457 e. The number of amides is 1. The van der Waals surface area contributed by atoms with Gasteiger partial charge in [-0.2, -0.15) is 4.31 Å². The van der Waals surface area contributed by atoms with Crippen LogP contribution in [0.15, 0.2) is 41.7 Å². The Bertz CT molecular complexity index is 1120. The van der Waals surface area contributed by atoms with E-state index < -0.39 is 34.3 Å². The number of H-pyrrole nitrogens is 1. The lowest BCUT2D eigenvalue weighted by Gasteiger charge is -2.29. The average Bonchev–Trinajstić information content (AvgIpc) is 3.55. The Labute approximate surface area is 192 Å². The molecular weight excluding hydrogens is 448 g/mol. The van der Waals surface area contributed by atoms with Gasteiger partial charge in [-0.05, 0) is 43.9 Å². The maximum Gasteiger partial charge on any atom is 0.309 e. The maximum absolute atomic E-state index is 12.7. The van der Waals surface area contributed by atoms with Crippen LogP contribution in [-0.2, 0) is 19.6 Å². The molecule has 10 nitrogen and oxygen atoms in total. The molecule has 0 aliphatic carbocycles. The zero-order valence-corrected chi connectivity index (χ0v) is 18.9. The molecule has 1 N–H and O–H groups in total. The van der Waals surface area contributed by atoms with E-state index in [1.54, 1.807) is 11.0 Å². The number of aromatic amines is 1. The van der Waals surface area contributed by atoms with Crippen LogP contribution >= 0.6 is 0 Å². The molecule has 0 saturated carbocycles. The lowest BCUT2D eigenvalue weighted by molar-refractivity contribution is -0.148. The van der Waals surface area contributed by atoms with Crippen LogP contribution < -0.4 is 0 Å². The molecule has 4 rings (SSSR count). The Balaban J connectivity index is 1.26. The molecule has 2 aliphatic rings. The van der Waals surface area contributed by atoms with Crippen LogP contribution in [0.4, 0.5) is 0 Å². The summed E-state index contributed by atoms with van der Waals surface area (Å²) in [6.07, 6.45) is 6.82. The van der Waals surface area contributed by atoms with Gasteiger partial charge in [0.05, 0.1) is 5.92 Å². The van der Waals surface area contributed by atoms with Crippen molar-refractivity contribution in [2.24, 2.45) is 5.92 Å². The van der Waals surface area contributed by atoms with Crippen molar-refractivity contribution >= 4 is 27.7 Å². The van der Waals surface area contributed by atoms with E-state index >= 15 is 0 Å². The summed E-state index contributed by atoms with van der Waals surface area (Å²) >= 11 is 0. The number of carbonyl (C=O) groups excluding carboxylic acids is 3. The number of nitrogens with zero attached hydrogens (tertiary/aromatic N) is 3. The monoisotopic (exact) mass is 474 g/mol. The number of nitrogens with one attached hydrogen (secondary N) is 1. The van der Waals surface area contributed by atoms with Gasteiger partial charge in [0.25, 0.3) is 5.91 Å². The maximum atomic E-state index is 12.7. The van der Waals surface area contributed by atoms with Gasteiger partial charge in [-0.3, -0.25) is 19.4 Å². The minimum atomic E-state index is -3.65. The first kappa shape index (κ1) is 23.1. The third kappa shape index (κ3) is 5.14. The minimum Gasteiger partial charge on any atom is -0.457 e. The van der Waals surface area contributed by atoms with Gasteiger partial charge >= 0.3 is 5.97 Å². The summed E-state index contributed by atoms with van der Waals surface area (Å²) in [5, 5.41) is 0. The van der Waals surface area contributed by atoms with Crippen molar-refractivity contribution in [1.82, 2.24) is 19.2 Å². The minimum absolute atomic E-state index is 0.116. The molecule has 0 unspecified atom stereocenters. The number of rotatable bonds is 7. The summed E-state index contributed by atoms with van der Waals surface area (Å²) < 4.78 is 31.9. The first-order valence-electron chi connectivity index (χ1n) is 10.9. The van der Waals surface area contributed by atoms with Crippen molar-refractivity contribution < 1.29 is 27.5 Å². The molecule has 2 fully saturated rings. The summed E-state index contributed by atoms with van der Waals surface area (Å²) in [6.45, 7) is 1.36. The number of esters is 1. The molecule has 2 aliphatic heterocycles. The third-order valence-corrected chi connectivity index (χ3v) is 7.92. The van der Waals surface area contributed by atoms with E-state index in [0.717, 1.165) is 12.8 Å². The molecular formula is C22H26N4O6S. The van der Waals surface area contributed by atoms with Crippen LogP contribution in [-0.4, -0.2) is 78.0 Å². The van der Waals surface area contributed by atoms with Crippen molar-refractivity contribution in [3.8, 4) is 0 Å². The van der Waals surface area contributed by atoms with Gasteiger partial charge in [0.15, 0.2) is 6.61 Å². The molecule has 2 aromatic rings. The highest BCUT2D eigenvalue weighted by Crippen LogP contribution is 2.24. The van der Waals surface area contributed by atoms with Crippen molar-refractivity contribution in [3.05, 3.63) is 48.0 Å². The van der Waals surface area contributed by atoms with Crippen LogP contribution in [0.2, 0.25) is 0 Å². The lowest BCUT2D eigenvalue weighted by Crippen LogP contribution is -2.40. The molecule has 33 heavy (non-hydrogen) atoms. The van der Waals surface area contributed by atoms with Crippen LogP contribution in [0.5, 0.6) is 0 Å². The van der Waals surface area contributed by atoms with E-state index in [1.807, 2.05) is 0 Å². The molecule has 0 aromatic carbocycles. The zero-order valence-electron chi connectivity index (χ0n) is 18.1. The highest BCUT2D eigenvalue weighted by molar-refractivity contribution is 7.89. The van der Waals surface area contributed by atoms with Crippen LogP contribution in [0.3, 0.4) is 0 Å². The molecule has 0 spiro atoms. The standard InChI is InChI=1S/C22H26N4O6S/c27-20(17-12-19(24-13-17)21(28)25-8-1-2-9-25)15-32-22(29)16-5-10-26(11-6-16)33(30,31)18-4-3-7-23-14-18/h3-4,7,12-14,16,24H,1-2,5-6,8-11,15H2. The third-order valence-electron chi connectivity index (χ3n) is 6.03. The van der Waals surface area contributed by atoms with E-state index in [9.17, 15) is 22.8 Å². The Kier molecular flexibility index (Phi) is 6.89. The van der Waals surface area contributed by atoms with Gasteiger partial charge in [0.2, 0.25) is 15.8 Å². The normalized spacial score (nSPS) is 17.8. The topological polar surface area (TPSA) is 130 Å². The Morgan fingerprint density at radius 1 is 1.12 bits per heavy atom. The molecule has 0 radical (unpaired) electrons. The number of Topliss-reactive ketones (excluding diaryl/α,β-unsaturated/α-hetero) is 1. The predicted molar refractivity (Wildman–Crippen MR) is 117 cm³/mol. The number of hydrogen-bond donors (Lipinski definition) is 1. The van der Waals surface area contributed by atoms with Crippen molar-refractivity contribution in [3.63, 3.8) is 0 Å². The number of aromatic nitrogens is 2. The van der Waals surface area contributed by atoms with Gasteiger partial charge in [0, 0.05) is 50.3 Å². The summed E-state index contributed by atoms with van der Waals surface area (Å²) in [4.78, 5) is 45.8. The second kappa shape index (κ2) is 9.84.